The van der Waals surface area contributed by atoms with Crippen LogP contribution in [0, 0.1) is 47.3 Å². The van der Waals surface area contributed by atoms with Gasteiger partial charge in [0.25, 0.3) is 0 Å². The summed E-state index contributed by atoms with van der Waals surface area (Å²) >= 11 is 0. The largest absolute Gasteiger partial charge is 0.299 e. The van der Waals surface area contributed by atoms with Crippen LogP contribution in [0.15, 0.2) is 0 Å². The van der Waals surface area contributed by atoms with Crippen LogP contribution < -0.4 is 0 Å². The summed E-state index contributed by atoms with van der Waals surface area (Å²) in [4.78, 5) is 23.4. The molecule has 8 atom stereocenters. The van der Waals surface area contributed by atoms with E-state index in [1.807, 2.05) is 0 Å². The number of hydrogen-bond donors (Lipinski definition) is 0. The van der Waals surface area contributed by atoms with Gasteiger partial charge in [0.05, 0.1) is 0 Å². The maximum Gasteiger partial charge on any atom is 0.140 e. The zero-order valence-corrected chi connectivity index (χ0v) is 6.44. The van der Waals surface area contributed by atoms with Crippen molar-refractivity contribution >= 4 is 11.6 Å². The maximum absolute atomic E-state index is 11.7. The lowest BCUT2D eigenvalue weighted by Crippen LogP contribution is -2.61. The number of ketones is 2. The van der Waals surface area contributed by atoms with E-state index in [4.69, 9.17) is 0 Å². The minimum Gasteiger partial charge on any atom is -0.299 e. The summed E-state index contributed by atoms with van der Waals surface area (Å²) in [6, 6.07) is 0. The summed E-state index contributed by atoms with van der Waals surface area (Å²) in [5.41, 5.74) is 0. The summed E-state index contributed by atoms with van der Waals surface area (Å²) in [5, 5.41) is 0. The first kappa shape index (κ1) is 5.15. The highest BCUT2D eigenvalue weighted by molar-refractivity contribution is 6.07. The molecule has 2 nitrogen and oxygen atoms in total. The van der Waals surface area contributed by atoms with Crippen molar-refractivity contribution < 1.29 is 9.59 Å². The fraction of sp³-hybridized carbons (Fsp3) is 0.800. The Labute approximate surface area is 69.3 Å². The van der Waals surface area contributed by atoms with Gasteiger partial charge < -0.3 is 0 Å². The topological polar surface area (TPSA) is 34.1 Å². The summed E-state index contributed by atoms with van der Waals surface area (Å²) in [6.07, 6.45) is 0. The Balaban J connectivity index is 1.93. The molecule has 0 N–H and O–H groups in total. The van der Waals surface area contributed by atoms with Gasteiger partial charge in [0, 0.05) is 23.7 Å². The predicted molar refractivity (Wildman–Crippen MR) is 37.9 cm³/mol. The van der Waals surface area contributed by atoms with E-state index in [9.17, 15) is 9.59 Å². The first-order chi connectivity index (χ1) is 5.82. The van der Waals surface area contributed by atoms with Crippen LogP contribution in [0.5, 0.6) is 0 Å². The van der Waals surface area contributed by atoms with Gasteiger partial charge in [-0.15, -0.1) is 0 Å². The molecule has 6 rings (SSSR count). The summed E-state index contributed by atoms with van der Waals surface area (Å²) in [6.45, 7) is 0. The number of carbonyl (C=O) groups excluding carboxylic acids is 2. The SMILES string of the molecule is O=C1[C@@H]2[C@H]3[C@@H]4C(=O)[C@H]5[C@@H]([C@@H]14)[C@H]2[C@@H]53. The maximum atomic E-state index is 11.7. The summed E-state index contributed by atoms with van der Waals surface area (Å²) < 4.78 is 0. The molecule has 4 bridgehead atoms. The van der Waals surface area contributed by atoms with Crippen molar-refractivity contribution in [3.63, 3.8) is 0 Å². The standard InChI is InChI=1S/C10H8O2/c11-9-5-1-2-4(5)8-7(9)3(1)6(2)10(8)12/h1-8H/t1-,2-,3+,4+,5-,6+,7+,8-/m1/s1. The van der Waals surface area contributed by atoms with Crippen LogP contribution in [0.2, 0.25) is 0 Å². The quantitative estimate of drug-likeness (QED) is 0.504. The van der Waals surface area contributed by atoms with Crippen LogP contribution in [0.4, 0.5) is 0 Å². The molecule has 0 radical (unpaired) electrons. The van der Waals surface area contributed by atoms with E-state index in [0.717, 1.165) is 0 Å². The molecule has 0 aromatic rings. The lowest BCUT2D eigenvalue weighted by molar-refractivity contribution is -0.172. The van der Waals surface area contributed by atoms with Gasteiger partial charge in [-0.3, -0.25) is 9.59 Å². The van der Waals surface area contributed by atoms with Crippen molar-refractivity contribution in [1.82, 2.24) is 0 Å². The normalized spacial score (nSPS) is 78.3. The molecule has 0 spiro atoms. The second-order valence-electron chi connectivity index (χ2n) is 5.22. The average Bonchev–Trinajstić information content (AvgIpc) is 2.45. The van der Waals surface area contributed by atoms with Crippen molar-refractivity contribution in [3.8, 4) is 0 Å². The molecule has 6 fully saturated rings. The Morgan fingerprint density at radius 2 is 1.00 bits per heavy atom. The van der Waals surface area contributed by atoms with Crippen LogP contribution in [0.3, 0.4) is 0 Å². The average molecular weight is 160 g/mol. The fourth-order valence-corrected chi connectivity index (χ4v) is 5.51. The third kappa shape index (κ3) is 0.212. The lowest BCUT2D eigenvalue weighted by atomic mass is 9.41. The smallest absolute Gasteiger partial charge is 0.140 e. The second kappa shape index (κ2) is 1.05. The van der Waals surface area contributed by atoms with Crippen LogP contribution in [-0.4, -0.2) is 11.6 Å². The summed E-state index contributed by atoms with van der Waals surface area (Å²) in [7, 11) is 0. The third-order valence-corrected chi connectivity index (χ3v) is 5.52. The van der Waals surface area contributed by atoms with Gasteiger partial charge in [-0.05, 0) is 23.7 Å². The highest BCUT2D eigenvalue weighted by Crippen LogP contribution is 2.85. The Hall–Kier alpha value is -0.660. The molecule has 6 aliphatic carbocycles. The van der Waals surface area contributed by atoms with Crippen molar-refractivity contribution in [2.45, 2.75) is 0 Å². The van der Waals surface area contributed by atoms with Crippen LogP contribution in [-0.2, 0) is 9.59 Å². The molecule has 6 aliphatic rings. The molecular weight excluding hydrogens is 152 g/mol. The van der Waals surface area contributed by atoms with E-state index in [2.05, 4.69) is 0 Å². The Bertz CT molecular complexity index is 336. The minimum atomic E-state index is 0.229. The van der Waals surface area contributed by atoms with Gasteiger partial charge in [-0.2, -0.15) is 0 Å². The molecule has 0 aromatic carbocycles. The van der Waals surface area contributed by atoms with E-state index >= 15 is 0 Å². The monoisotopic (exact) mass is 160 g/mol. The minimum absolute atomic E-state index is 0.229. The number of Topliss-reactive ketones (excluding diaryl/α,β-unsaturated/α-hetero) is 2. The van der Waals surface area contributed by atoms with Crippen LogP contribution in [0.25, 0.3) is 0 Å². The molecule has 0 aromatic heterocycles. The zero-order chi connectivity index (χ0) is 7.77. The Morgan fingerprint density at radius 3 is 1.33 bits per heavy atom. The Kier molecular flexibility index (Phi) is 0.450. The third-order valence-electron chi connectivity index (χ3n) is 5.52. The molecule has 0 heterocycles. The van der Waals surface area contributed by atoms with E-state index in [0.29, 0.717) is 47.1 Å². The fourth-order valence-electron chi connectivity index (χ4n) is 5.51. The van der Waals surface area contributed by atoms with Gasteiger partial charge in [-0.25, -0.2) is 0 Å². The van der Waals surface area contributed by atoms with Crippen LogP contribution in [0.1, 0.15) is 0 Å². The van der Waals surface area contributed by atoms with Gasteiger partial charge in [0.15, 0.2) is 0 Å². The van der Waals surface area contributed by atoms with E-state index in [1.54, 1.807) is 0 Å². The van der Waals surface area contributed by atoms with Gasteiger partial charge in [-0.1, -0.05) is 0 Å². The molecule has 60 valence electrons. The molecule has 0 saturated heterocycles. The molecule has 0 aliphatic heterocycles. The number of carbonyl (C=O) groups is 2. The summed E-state index contributed by atoms with van der Waals surface area (Å²) in [5.74, 6) is 4.65. The Morgan fingerprint density at radius 1 is 0.583 bits per heavy atom. The van der Waals surface area contributed by atoms with E-state index in [1.165, 1.54) is 0 Å². The molecule has 6 saturated carbocycles. The van der Waals surface area contributed by atoms with Crippen molar-refractivity contribution in [2.75, 3.05) is 0 Å². The highest BCUT2D eigenvalue weighted by atomic mass is 16.1. The molecule has 0 amide bonds. The van der Waals surface area contributed by atoms with Crippen LogP contribution >= 0.6 is 0 Å². The molecule has 12 heavy (non-hydrogen) atoms. The van der Waals surface area contributed by atoms with Gasteiger partial charge >= 0.3 is 0 Å². The molecule has 2 heteroatoms. The highest BCUT2D eigenvalue weighted by Gasteiger charge is 2.90. The van der Waals surface area contributed by atoms with Gasteiger partial charge in [0.1, 0.15) is 11.6 Å². The first-order valence-electron chi connectivity index (χ1n) is 4.90. The van der Waals surface area contributed by atoms with Crippen molar-refractivity contribution in [2.24, 2.45) is 47.3 Å². The zero-order valence-electron chi connectivity index (χ0n) is 6.44. The van der Waals surface area contributed by atoms with Crippen molar-refractivity contribution in [1.29, 1.82) is 0 Å². The number of rotatable bonds is 0. The van der Waals surface area contributed by atoms with E-state index in [-0.39, 0.29) is 11.8 Å². The van der Waals surface area contributed by atoms with Crippen molar-refractivity contribution in [3.05, 3.63) is 0 Å². The molecule has 0 unspecified atom stereocenters. The van der Waals surface area contributed by atoms with Gasteiger partial charge in [0.2, 0.25) is 0 Å². The molecular formula is C10H8O2. The second-order valence-corrected chi connectivity index (χ2v) is 5.22. The van der Waals surface area contributed by atoms with E-state index < -0.39 is 0 Å². The number of hydrogen-bond acceptors (Lipinski definition) is 2. The lowest BCUT2D eigenvalue weighted by Gasteiger charge is -2.61. The first-order valence-corrected chi connectivity index (χ1v) is 4.90. The predicted octanol–water partition coefficient (Wildman–Crippen LogP) is 0.122.